The van der Waals surface area contributed by atoms with Gasteiger partial charge in [0.1, 0.15) is 6.10 Å². The van der Waals surface area contributed by atoms with Gasteiger partial charge in [0, 0.05) is 13.1 Å². The van der Waals surface area contributed by atoms with Crippen LogP contribution in [0, 0.1) is 12.3 Å². The summed E-state index contributed by atoms with van der Waals surface area (Å²) in [4.78, 5) is 2.20. The van der Waals surface area contributed by atoms with Crippen molar-refractivity contribution in [2.24, 2.45) is 0 Å². The van der Waals surface area contributed by atoms with Crippen molar-refractivity contribution < 1.29 is 12.6 Å². The minimum Gasteiger partial charge on any atom is -0.282 e. The van der Waals surface area contributed by atoms with E-state index in [1.54, 1.807) is 0 Å². The summed E-state index contributed by atoms with van der Waals surface area (Å²) >= 11 is 0. The number of hydrogen-bond acceptors (Lipinski definition) is 4. The van der Waals surface area contributed by atoms with Gasteiger partial charge in [-0.05, 0) is 12.8 Å². The van der Waals surface area contributed by atoms with Crippen LogP contribution in [0.25, 0.3) is 0 Å². The van der Waals surface area contributed by atoms with Crippen LogP contribution < -0.4 is 0 Å². The van der Waals surface area contributed by atoms with Crippen molar-refractivity contribution in [3.8, 4) is 12.3 Å². The molecule has 2 rings (SSSR count). The molecule has 0 N–H and O–H groups in total. The quantitative estimate of drug-likeness (QED) is 0.558. The maximum Gasteiger partial charge on any atom is 0.264 e. The lowest BCUT2D eigenvalue weighted by Crippen LogP contribution is -2.63. The van der Waals surface area contributed by atoms with Crippen LogP contribution in [0.2, 0.25) is 0 Å². The summed E-state index contributed by atoms with van der Waals surface area (Å²) in [5.41, 5.74) is -0.143. The second-order valence-corrected chi connectivity index (χ2v) is 6.66. The Bertz CT molecular complexity index is 412. The van der Waals surface area contributed by atoms with Crippen molar-refractivity contribution in [1.82, 2.24) is 4.90 Å². The Hall–Kier alpha value is -0.570. The van der Waals surface area contributed by atoms with Crippen molar-refractivity contribution in [3.05, 3.63) is 0 Å². The number of nitrogens with zero attached hydrogens (tertiary/aromatic N) is 1. The lowest BCUT2D eigenvalue weighted by atomic mass is 9.79. The summed E-state index contributed by atoms with van der Waals surface area (Å²) in [6, 6.07) is 0. The van der Waals surface area contributed by atoms with Gasteiger partial charge in [-0.2, -0.15) is 8.42 Å². The zero-order valence-corrected chi connectivity index (χ0v) is 11.0. The van der Waals surface area contributed by atoms with Crippen LogP contribution >= 0.6 is 0 Å². The average molecular weight is 257 g/mol. The van der Waals surface area contributed by atoms with Gasteiger partial charge >= 0.3 is 0 Å². The fraction of sp³-hybridized carbons (Fsp3) is 0.833. The highest BCUT2D eigenvalue weighted by Crippen LogP contribution is 2.36. The molecular weight excluding hydrogens is 238 g/mol. The molecule has 0 amide bonds. The van der Waals surface area contributed by atoms with Crippen LogP contribution in [-0.4, -0.2) is 44.3 Å². The first-order chi connectivity index (χ1) is 7.95. The van der Waals surface area contributed by atoms with Gasteiger partial charge in [0.25, 0.3) is 10.1 Å². The summed E-state index contributed by atoms with van der Waals surface area (Å²) in [6.45, 7) is 1.27. The van der Waals surface area contributed by atoms with E-state index in [1.165, 1.54) is 6.42 Å². The lowest BCUT2D eigenvalue weighted by Gasteiger charge is -2.50. The first-order valence-corrected chi connectivity index (χ1v) is 7.88. The minimum atomic E-state index is -3.34. The Labute approximate surface area is 103 Å². The standard InChI is InChI=1S/C12H19NO3S/c1-3-12(7-5-4-6-8-12)13-9-11(10-13)16-17(2,14)15/h1,11H,4-10H2,2H3. The van der Waals surface area contributed by atoms with E-state index in [-0.39, 0.29) is 11.6 Å². The number of likely N-dealkylation sites (tertiary alicyclic amines) is 1. The second kappa shape index (κ2) is 4.60. The fourth-order valence-electron chi connectivity index (χ4n) is 2.78. The largest absolute Gasteiger partial charge is 0.282 e. The third-order valence-corrected chi connectivity index (χ3v) is 4.34. The number of hydrogen-bond donors (Lipinski definition) is 0. The molecule has 0 aromatic rings. The first kappa shape index (κ1) is 12.9. The SMILES string of the molecule is C#CC1(N2CC(OS(C)(=O)=O)C2)CCCCC1. The lowest BCUT2D eigenvalue weighted by molar-refractivity contribution is -0.0427. The van der Waals surface area contributed by atoms with Gasteiger partial charge in [0.15, 0.2) is 0 Å². The summed E-state index contributed by atoms with van der Waals surface area (Å²) in [6.07, 6.45) is 12.2. The van der Waals surface area contributed by atoms with E-state index in [0.29, 0.717) is 13.1 Å². The summed E-state index contributed by atoms with van der Waals surface area (Å²) in [7, 11) is -3.34. The molecule has 17 heavy (non-hydrogen) atoms. The first-order valence-electron chi connectivity index (χ1n) is 6.06. The molecule has 0 aromatic carbocycles. The van der Waals surface area contributed by atoms with Gasteiger partial charge in [-0.25, -0.2) is 0 Å². The molecule has 1 aliphatic carbocycles. The Morgan fingerprint density at radius 1 is 1.29 bits per heavy atom. The van der Waals surface area contributed by atoms with E-state index < -0.39 is 10.1 Å². The van der Waals surface area contributed by atoms with Crippen molar-refractivity contribution in [3.63, 3.8) is 0 Å². The maximum atomic E-state index is 11.0. The molecule has 0 spiro atoms. The van der Waals surface area contributed by atoms with Crippen molar-refractivity contribution >= 4 is 10.1 Å². The predicted octanol–water partition coefficient (Wildman–Crippen LogP) is 0.983. The molecule has 96 valence electrons. The highest BCUT2D eigenvalue weighted by molar-refractivity contribution is 7.86. The molecule has 2 fully saturated rings. The van der Waals surface area contributed by atoms with E-state index in [2.05, 4.69) is 10.8 Å². The zero-order valence-electron chi connectivity index (χ0n) is 10.2. The van der Waals surface area contributed by atoms with Crippen molar-refractivity contribution in [2.75, 3.05) is 19.3 Å². The summed E-state index contributed by atoms with van der Waals surface area (Å²) < 4.78 is 26.9. The number of rotatable bonds is 3. The maximum absolute atomic E-state index is 11.0. The van der Waals surface area contributed by atoms with Crippen molar-refractivity contribution in [1.29, 1.82) is 0 Å². The van der Waals surface area contributed by atoms with E-state index >= 15 is 0 Å². The van der Waals surface area contributed by atoms with E-state index in [1.807, 2.05) is 0 Å². The Balaban J connectivity index is 1.92. The van der Waals surface area contributed by atoms with Crippen LogP contribution in [-0.2, 0) is 14.3 Å². The van der Waals surface area contributed by atoms with Crippen LogP contribution in [0.15, 0.2) is 0 Å². The van der Waals surface area contributed by atoms with E-state index in [9.17, 15) is 8.42 Å². The molecule has 1 saturated heterocycles. The topological polar surface area (TPSA) is 46.6 Å². The molecule has 2 aliphatic rings. The van der Waals surface area contributed by atoms with Gasteiger partial charge in [-0.1, -0.05) is 25.2 Å². The Morgan fingerprint density at radius 2 is 1.88 bits per heavy atom. The van der Waals surface area contributed by atoms with Gasteiger partial charge in [-0.15, -0.1) is 6.42 Å². The smallest absolute Gasteiger partial charge is 0.264 e. The fourth-order valence-corrected chi connectivity index (χ4v) is 3.40. The predicted molar refractivity (Wildman–Crippen MR) is 65.9 cm³/mol. The van der Waals surface area contributed by atoms with Crippen LogP contribution in [0.1, 0.15) is 32.1 Å². The Morgan fingerprint density at radius 3 is 2.35 bits per heavy atom. The second-order valence-electron chi connectivity index (χ2n) is 5.06. The summed E-state index contributed by atoms with van der Waals surface area (Å²) in [5, 5.41) is 0. The Kier molecular flexibility index (Phi) is 3.48. The van der Waals surface area contributed by atoms with Gasteiger partial charge in [0.05, 0.1) is 11.8 Å². The van der Waals surface area contributed by atoms with Crippen molar-refractivity contribution in [2.45, 2.75) is 43.7 Å². The molecule has 0 unspecified atom stereocenters. The molecule has 0 bridgehead atoms. The molecule has 0 aromatic heterocycles. The molecule has 1 aliphatic heterocycles. The van der Waals surface area contributed by atoms with Crippen LogP contribution in [0.5, 0.6) is 0 Å². The zero-order chi connectivity index (χ0) is 12.5. The van der Waals surface area contributed by atoms with Gasteiger partial charge in [0.2, 0.25) is 0 Å². The molecule has 5 heteroatoms. The number of terminal acetylenes is 1. The van der Waals surface area contributed by atoms with Gasteiger partial charge in [-0.3, -0.25) is 9.08 Å². The third-order valence-electron chi connectivity index (χ3n) is 3.71. The molecule has 0 radical (unpaired) electrons. The average Bonchev–Trinajstić information content (AvgIpc) is 2.23. The highest BCUT2D eigenvalue weighted by Gasteiger charge is 2.44. The molecule has 1 heterocycles. The molecule has 1 saturated carbocycles. The van der Waals surface area contributed by atoms with Gasteiger partial charge < -0.3 is 0 Å². The third kappa shape index (κ3) is 2.82. The van der Waals surface area contributed by atoms with E-state index in [0.717, 1.165) is 31.9 Å². The summed E-state index contributed by atoms with van der Waals surface area (Å²) in [5.74, 6) is 2.92. The van der Waals surface area contributed by atoms with Crippen LogP contribution in [0.3, 0.4) is 0 Å². The normalized spacial score (nSPS) is 26.1. The minimum absolute atomic E-state index is 0.143. The molecule has 0 atom stereocenters. The highest BCUT2D eigenvalue weighted by atomic mass is 32.2. The van der Waals surface area contributed by atoms with Crippen LogP contribution in [0.4, 0.5) is 0 Å². The monoisotopic (exact) mass is 257 g/mol. The molecular formula is C12H19NO3S. The molecule has 4 nitrogen and oxygen atoms in total. The van der Waals surface area contributed by atoms with E-state index in [4.69, 9.17) is 10.6 Å².